The number of carboxylic acids is 1. The van der Waals surface area contributed by atoms with Crippen molar-refractivity contribution >= 4 is 23.3 Å². The van der Waals surface area contributed by atoms with Gasteiger partial charge in [0.05, 0.1) is 0 Å². The summed E-state index contributed by atoms with van der Waals surface area (Å²) in [6, 6.07) is 1.85. The first kappa shape index (κ1) is 14.8. The van der Waals surface area contributed by atoms with Crippen LogP contribution in [-0.4, -0.2) is 41.1 Å². The molecule has 1 fully saturated rings. The van der Waals surface area contributed by atoms with E-state index in [2.05, 4.69) is 10.7 Å². The van der Waals surface area contributed by atoms with E-state index in [1.165, 1.54) is 10.5 Å². The highest BCUT2D eigenvalue weighted by Crippen LogP contribution is 2.23. The van der Waals surface area contributed by atoms with E-state index in [0.717, 1.165) is 32.1 Å². The van der Waals surface area contributed by atoms with Crippen molar-refractivity contribution in [2.45, 2.75) is 38.1 Å². The molecule has 20 heavy (non-hydrogen) atoms. The summed E-state index contributed by atoms with van der Waals surface area (Å²) in [6.07, 6.45) is 4.74. The third-order valence-corrected chi connectivity index (χ3v) is 4.33. The number of aliphatic carboxylic acids is 1. The molecule has 0 aromatic carbocycles. The van der Waals surface area contributed by atoms with Gasteiger partial charge in [-0.3, -0.25) is 4.79 Å². The molecule has 1 aliphatic rings. The summed E-state index contributed by atoms with van der Waals surface area (Å²) in [4.78, 5) is 24.5. The smallest absolute Gasteiger partial charge is 0.323 e. The van der Waals surface area contributed by atoms with Gasteiger partial charge in [0.2, 0.25) is 0 Å². The Bertz CT molecular complexity index is 441. The Balaban J connectivity index is 1.83. The average molecular weight is 296 g/mol. The zero-order valence-corrected chi connectivity index (χ0v) is 12.2. The number of nitrogens with zero attached hydrogens (tertiary/aromatic N) is 1. The standard InChI is InChI=1S/C14H20N2O3S/c17-13(18)9-16(12-3-1-2-4-12)14(19)15-7-5-11-6-8-20-10-11/h6,8,10,12H,1-5,7,9H2,(H,15,19)(H,17,18). The first-order valence-corrected chi connectivity index (χ1v) is 7.88. The van der Waals surface area contributed by atoms with Crippen LogP contribution in [0.4, 0.5) is 4.79 Å². The molecule has 0 radical (unpaired) electrons. The lowest BCUT2D eigenvalue weighted by atomic mass is 10.2. The Labute approximate surface area is 122 Å². The monoisotopic (exact) mass is 296 g/mol. The molecule has 0 saturated heterocycles. The molecule has 0 atom stereocenters. The predicted octanol–water partition coefficient (Wildman–Crippen LogP) is 2.33. The van der Waals surface area contributed by atoms with Gasteiger partial charge in [0.25, 0.3) is 0 Å². The van der Waals surface area contributed by atoms with E-state index in [1.54, 1.807) is 11.3 Å². The first-order chi connectivity index (χ1) is 9.66. The maximum Gasteiger partial charge on any atom is 0.323 e. The molecule has 0 bridgehead atoms. The van der Waals surface area contributed by atoms with Crippen LogP contribution < -0.4 is 5.32 Å². The highest BCUT2D eigenvalue weighted by molar-refractivity contribution is 7.07. The van der Waals surface area contributed by atoms with Gasteiger partial charge in [-0.2, -0.15) is 11.3 Å². The summed E-state index contributed by atoms with van der Waals surface area (Å²) in [5.41, 5.74) is 1.20. The van der Waals surface area contributed by atoms with Gasteiger partial charge in [0, 0.05) is 12.6 Å². The van der Waals surface area contributed by atoms with Crippen LogP contribution in [0, 0.1) is 0 Å². The summed E-state index contributed by atoms with van der Waals surface area (Å²) < 4.78 is 0. The van der Waals surface area contributed by atoms with Crippen LogP contribution in [0.3, 0.4) is 0 Å². The third kappa shape index (κ3) is 4.23. The highest BCUT2D eigenvalue weighted by atomic mass is 32.1. The molecule has 0 aliphatic heterocycles. The van der Waals surface area contributed by atoms with Crippen LogP contribution in [0.5, 0.6) is 0 Å². The minimum Gasteiger partial charge on any atom is -0.480 e. The van der Waals surface area contributed by atoms with E-state index in [9.17, 15) is 9.59 Å². The zero-order valence-electron chi connectivity index (χ0n) is 11.4. The van der Waals surface area contributed by atoms with Gasteiger partial charge in [-0.25, -0.2) is 4.79 Å². The largest absolute Gasteiger partial charge is 0.480 e. The maximum atomic E-state index is 12.1. The van der Waals surface area contributed by atoms with Gasteiger partial charge in [0.1, 0.15) is 6.54 Å². The van der Waals surface area contributed by atoms with Crippen molar-refractivity contribution in [3.8, 4) is 0 Å². The number of amides is 2. The molecule has 0 spiro atoms. The molecule has 1 saturated carbocycles. The Morgan fingerprint density at radius 3 is 2.75 bits per heavy atom. The number of hydrogen-bond acceptors (Lipinski definition) is 3. The molecule has 1 aliphatic carbocycles. The topological polar surface area (TPSA) is 69.6 Å². The van der Waals surface area contributed by atoms with Gasteiger partial charge in [-0.05, 0) is 41.7 Å². The zero-order chi connectivity index (χ0) is 14.4. The van der Waals surface area contributed by atoms with E-state index in [-0.39, 0.29) is 18.6 Å². The lowest BCUT2D eigenvalue weighted by Crippen LogP contribution is -2.48. The van der Waals surface area contributed by atoms with Gasteiger partial charge in [-0.15, -0.1) is 0 Å². The van der Waals surface area contributed by atoms with Crippen LogP contribution in [0.25, 0.3) is 0 Å². The van der Waals surface area contributed by atoms with E-state index in [1.807, 2.05) is 11.4 Å². The molecule has 5 nitrogen and oxygen atoms in total. The molecule has 2 amide bonds. The minimum absolute atomic E-state index is 0.0762. The van der Waals surface area contributed by atoms with Crippen molar-refractivity contribution in [3.63, 3.8) is 0 Å². The number of carbonyl (C=O) groups excluding carboxylic acids is 1. The van der Waals surface area contributed by atoms with Crippen molar-refractivity contribution in [1.29, 1.82) is 0 Å². The first-order valence-electron chi connectivity index (χ1n) is 6.94. The molecule has 2 rings (SSSR count). The SMILES string of the molecule is O=C(O)CN(C(=O)NCCc1ccsc1)C1CCCC1. The molecule has 110 valence electrons. The number of carboxylic acid groups (broad SMARTS) is 1. The Kier molecular flexibility index (Phi) is 5.40. The lowest BCUT2D eigenvalue weighted by Gasteiger charge is -2.27. The normalized spacial score (nSPS) is 15.2. The second-order valence-electron chi connectivity index (χ2n) is 5.07. The molecular formula is C14H20N2O3S. The number of urea groups is 1. The summed E-state index contributed by atoms with van der Waals surface area (Å²) >= 11 is 1.63. The van der Waals surface area contributed by atoms with E-state index >= 15 is 0 Å². The van der Waals surface area contributed by atoms with Gasteiger partial charge < -0.3 is 15.3 Å². The average Bonchev–Trinajstić information content (AvgIpc) is 3.08. The Morgan fingerprint density at radius 1 is 1.40 bits per heavy atom. The predicted molar refractivity (Wildman–Crippen MR) is 78.0 cm³/mol. The third-order valence-electron chi connectivity index (χ3n) is 3.60. The summed E-state index contributed by atoms with van der Waals surface area (Å²) in [7, 11) is 0. The second-order valence-corrected chi connectivity index (χ2v) is 5.85. The number of hydrogen-bond donors (Lipinski definition) is 2. The summed E-state index contributed by atoms with van der Waals surface area (Å²) in [5, 5.41) is 15.8. The van der Waals surface area contributed by atoms with E-state index in [0.29, 0.717) is 6.54 Å². The molecule has 6 heteroatoms. The Morgan fingerprint density at radius 2 is 2.15 bits per heavy atom. The molecule has 0 unspecified atom stereocenters. The second kappa shape index (κ2) is 7.28. The summed E-state index contributed by atoms with van der Waals surface area (Å²) in [6.45, 7) is 0.327. The van der Waals surface area contributed by atoms with Crippen molar-refractivity contribution in [2.24, 2.45) is 0 Å². The Hall–Kier alpha value is -1.56. The lowest BCUT2D eigenvalue weighted by molar-refractivity contribution is -0.138. The molecule has 1 heterocycles. The maximum absolute atomic E-state index is 12.1. The van der Waals surface area contributed by atoms with Gasteiger partial charge in [0.15, 0.2) is 0 Å². The fourth-order valence-corrected chi connectivity index (χ4v) is 3.28. The number of rotatable bonds is 6. The minimum atomic E-state index is -0.954. The molecule has 2 N–H and O–H groups in total. The fourth-order valence-electron chi connectivity index (χ4n) is 2.58. The fraction of sp³-hybridized carbons (Fsp3) is 0.571. The molecule has 1 aromatic heterocycles. The molecule has 1 aromatic rings. The number of carbonyl (C=O) groups is 2. The van der Waals surface area contributed by atoms with Crippen molar-refractivity contribution < 1.29 is 14.7 Å². The van der Waals surface area contributed by atoms with Crippen LogP contribution in [-0.2, 0) is 11.2 Å². The van der Waals surface area contributed by atoms with E-state index < -0.39 is 5.97 Å². The van der Waals surface area contributed by atoms with Crippen LogP contribution in [0.2, 0.25) is 0 Å². The van der Waals surface area contributed by atoms with Crippen LogP contribution in [0.15, 0.2) is 16.8 Å². The number of thiophene rings is 1. The highest BCUT2D eigenvalue weighted by Gasteiger charge is 2.28. The van der Waals surface area contributed by atoms with Gasteiger partial charge in [-0.1, -0.05) is 12.8 Å². The van der Waals surface area contributed by atoms with Crippen LogP contribution >= 0.6 is 11.3 Å². The quantitative estimate of drug-likeness (QED) is 0.846. The van der Waals surface area contributed by atoms with Gasteiger partial charge >= 0.3 is 12.0 Å². The van der Waals surface area contributed by atoms with Crippen LogP contribution in [0.1, 0.15) is 31.2 Å². The van der Waals surface area contributed by atoms with Crippen molar-refractivity contribution in [2.75, 3.05) is 13.1 Å². The van der Waals surface area contributed by atoms with Crippen molar-refractivity contribution in [3.05, 3.63) is 22.4 Å². The van der Waals surface area contributed by atoms with E-state index in [4.69, 9.17) is 5.11 Å². The summed E-state index contributed by atoms with van der Waals surface area (Å²) in [5.74, 6) is -0.954. The molecular weight excluding hydrogens is 276 g/mol. The van der Waals surface area contributed by atoms with Crippen molar-refractivity contribution in [1.82, 2.24) is 10.2 Å². The number of nitrogens with one attached hydrogen (secondary N) is 1.